The van der Waals surface area contributed by atoms with E-state index >= 15 is 0 Å². The van der Waals surface area contributed by atoms with Gasteiger partial charge in [-0.3, -0.25) is 0 Å². The average Bonchev–Trinajstić information content (AvgIpc) is 2.73. The number of rotatable bonds is 4. The highest BCUT2D eigenvalue weighted by Gasteiger charge is 2.30. The van der Waals surface area contributed by atoms with E-state index in [1.165, 1.54) is 12.1 Å². The van der Waals surface area contributed by atoms with Crippen LogP contribution < -0.4 is 15.8 Å². The van der Waals surface area contributed by atoms with Gasteiger partial charge in [0.15, 0.2) is 0 Å². The van der Waals surface area contributed by atoms with Crippen molar-refractivity contribution in [1.29, 1.82) is 0 Å². The SMILES string of the molecule is COc1cc(F)ccc1-c1ccc2c(c1C(N)c1cccc(Cl)c1C)C(C)=CC(C)(C)N2. The quantitative estimate of drug-likeness (QED) is 0.444. The van der Waals surface area contributed by atoms with Crippen LogP contribution in [0.25, 0.3) is 16.7 Å². The molecule has 5 heteroatoms. The molecule has 3 nitrogen and oxygen atoms in total. The van der Waals surface area contributed by atoms with Gasteiger partial charge in [0.1, 0.15) is 11.6 Å². The molecule has 1 atom stereocenters. The van der Waals surface area contributed by atoms with Crippen LogP contribution in [-0.2, 0) is 0 Å². The Balaban J connectivity index is 2.05. The van der Waals surface area contributed by atoms with Gasteiger partial charge in [0.25, 0.3) is 0 Å². The van der Waals surface area contributed by atoms with Gasteiger partial charge in [-0.2, -0.15) is 0 Å². The first-order valence-corrected chi connectivity index (χ1v) is 11.0. The molecule has 1 unspecified atom stereocenters. The molecule has 0 amide bonds. The number of halogens is 2. The van der Waals surface area contributed by atoms with Gasteiger partial charge in [-0.25, -0.2) is 4.39 Å². The van der Waals surface area contributed by atoms with Crippen LogP contribution in [0.2, 0.25) is 5.02 Å². The molecule has 1 aliphatic heterocycles. The van der Waals surface area contributed by atoms with E-state index in [1.807, 2.05) is 31.2 Å². The summed E-state index contributed by atoms with van der Waals surface area (Å²) < 4.78 is 19.5. The van der Waals surface area contributed by atoms with Crippen LogP contribution in [0.5, 0.6) is 5.75 Å². The third kappa shape index (κ3) is 3.89. The molecule has 32 heavy (non-hydrogen) atoms. The summed E-state index contributed by atoms with van der Waals surface area (Å²) in [5.41, 5.74) is 14.5. The second-order valence-electron chi connectivity index (χ2n) is 8.90. The first-order valence-electron chi connectivity index (χ1n) is 10.6. The molecule has 0 spiro atoms. The molecule has 0 aromatic heterocycles. The second-order valence-corrected chi connectivity index (χ2v) is 9.31. The summed E-state index contributed by atoms with van der Waals surface area (Å²) in [5, 5.41) is 4.28. The van der Waals surface area contributed by atoms with Gasteiger partial charge in [-0.05, 0) is 79.8 Å². The Hall–Kier alpha value is -2.82. The number of benzene rings is 3. The third-order valence-corrected chi connectivity index (χ3v) is 6.49. The summed E-state index contributed by atoms with van der Waals surface area (Å²) in [7, 11) is 1.55. The van der Waals surface area contributed by atoms with Gasteiger partial charge in [-0.15, -0.1) is 0 Å². The molecule has 0 radical (unpaired) electrons. The average molecular weight is 451 g/mol. The fourth-order valence-electron chi connectivity index (χ4n) is 4.71. The molecule has 0 bridgehead atoms. The van der Waals surface area contributed by atoms with Crippen LogP contribution in [-0.4, -0.2) is 12.6 Å². The molecule has 0 fully saturated rings. The van der Waals surface area contributed by atoms with Crippen LogP contribution in [0.3, 0.4) is 0 Å². The molecule has 0 aliphatic carbocycles. The summed E-state index contributed by atoms with van der Waals surface area (Å²) >= 11 is 6.44. The molecular weight excluding hydrogens is 423 g/mol. The van der Waals surface area contributed by atoms with Gasteiger partial charge in [0.2, 0.25) is 0 Å². The van der Waals surface area contributed by atoms with Crippen LogP contribution in [0.4, 0.5) is 10.1 Å². The second kappa shape index (κ2) is 8.27. The van der Waals surface area contributed by atoms with E-state index in [9.17, 15) is 4.39 Å². The fraction of sp³-hybridized carbons (Fsp3) is 0.259. The van der Waals surface area contributed by atoms with Crippen LogP contribution in [0, 0.1) is 12.7 Å². The van der Waals surface area contributed by atoms with Crippen molar-refractivity contribution in [2.45, 2.75) is 39.3 Å². The number of hydrogen-bond donors (Lipinski definition) is 2. The van der Waals surface area contributed by atoms with Crippen LogP contribution in [0.1, 0.15) is 49.1 Å². The van der Waals surface area contributed by atoms with Gasteiger partial charge >= 0.3 is 0 Å². The van der Waals surface area contributed by atoms with Crippen molar-refractivity contribution in [3.63, 3.8) is 0 Å². The molecule has 1 heterocycles. The highest BCUT2D eigenvalue weighted by Crippen LogP contribution is 2.46. The largest absolute Gasteiger partial charge is 0.496 e. The lowest BCUT2D eigenvalue weighted by atomic mass is 9.80. The first-order chi connectivity index (χ1) is 15.1. The van der Waals surface area contributed by atoms with Gasteiger partial charge in [0, 0.05) is 27.9 Å². The number of ether oxygens (including phenoxy) is 1. The number of nitrogens with one attached hydrogen (secondary N) is 1. The topological polar surface area (TPSA) is 47.3 Å². The number of methoxy groups -OCH3 is 1. The minimum absolute atomic E-state index is 0.181. The number of fused-ring (bicyclic) bond motifs is 1. The van der Waals surface area contributed by atoms with Crippen molar-refractivity contribution < 1.29 is 9.13 Å². The Kier molecular flexibility index (Phi) is 5.78. The van der Waals surface area contributed by atoms with E-state index in [0.717, 1.165) is 44.6 Å². The van der Waals surface area contributed by atoms with E-state index in [-0.39, 0.29) is 11.4 Å². The summed E-state index contributed by atoms with van der Waals surface area (Å²) in [5.74, 6) is 0.117. The predicted molar refractivity (Wildman–Crippen MR) is 132 cm³/mol. The summed E-state index contributed by atoms with van der Waals surface area (Å²) in [6, 6.07) is 14.0. The fourth-order valence-corrected chi connectivity index (χ4v) is 4.89. The first kappa shape index (κ1) is 22.4. The molecule has 3 aromatic carbocycles. The minimum atomic E-state index is -0.445. The maximum absolute atomic E-state index is 14.0. The molecule has 0 saturated heterocycles. The molecular formula is C27H28ClFN2O. The molecule has 1 aliphatic rings. The predicted octanol–water partition coefficient (Wildman–Crippen LogP) is 7.12. The highest BCUT2D eigenvalue weighted by molar-refractivity contribution is 6.31. The Morgan fingerprint density at radius 3 is 2.50 bits per heavy atom. The van der Waals surface area contributed by atoms with E-state index in [1.54, 1.807) is 13.2 Å². The number of hydrogen-bond acceptors (Lipinski definition) is 3. The van der Waals surface area contributed by atoms with Crippen LogP contribution in [0.15, 0.2) is 54.6 Å². The van der Waals surface area contributed by atoms with E-state index in [0.29, 0.717) is 10.8 Å². The van der Waals surface area contributed by atoms with Gasteiger partial charge in [0.05, 0.1) is 18.7 Å². The lowest BCUT2D eigenvalue weighted by Gasteiger charge is -2.35. The molecule has 4 rings (SSSR count). The molecule has 3 N–H and O–H groups in total. The lowest BCUT2D eigenvalue weighted by molar-refractivity contribution is 0.413. The number of anilines is 1. The zero-order chi connectivity index (χ0) is 23.2. The van der Waals surface area contributed by atoms with Crippen molar-refractivity contribution in [3.8, 4) is 16.9 Å². The van der Waals surface area contributed by atoms with E-state index in [4.69, 9.17) is 22.1 Å². The lowest BCUT2D eigenvalue weighted by Crippen LogP contribution is -2.32. The summed E-state index contributed by atoms with van der Waals surface area (Å²) in [4.78, 5) is 0. The smallest absolute Gasteiger partial charge is 0.129 e. The monoisotopic (exact) mass is 450 g/mol. The zero-order valence-corrected chi connectivity index (χ0v) is 19.8. The van der Waals surface area contributed by atoms with Crippen molar-refractivity contribution in [2.75, 3.05) is 12.4 Å². The molecule has 0 saturated carbocycles. The van der Waals surface area contributed by atoms with Crippen LogP contribution >= 0.6 is 11.6 Å². The Morgan fingerprint density at radius 1 is 1.06 bits per heavy atom. The van der Waals surface area contributed by atoms with Crippen molar-refractivity contribution in [2.24, 2.45) is 5.73 Å². The van der Waals surface area contributed by atoms with E-state index < -0.39 is 6.04 Å². The van der Waals surface area contributed by atoms with Gasteiger partial charge in [-0.1, -0.05) is 35.9 Å². The van der Waals surface area contributed by atoms with Crippen molar-refractivity contribution in [1.82, 2.24) is 0 Å². The third-order valence-electron chi connectivity index (χ3n) is 6.08. The summed E-state index contributed by atoms with van der Waals surface area (Å²) in [6.07, 6.45) is 2.21. The van der Waals surface area contributed by atoms with Gasteiger partial charge < -0.3 is 15.8 Å². The minimum Gasteiger partial charge on any atom is -0.496 e. The Bertz CT molecular complexity index is 1230. The maximum Gasteiger partial charge on any atom is 0.129 e. The Labute approximate surface area is 194 Å². The van der Waals surface area contributed by atoms with E-state index in [2.05, 4.69) is 38.2 Å². The summed E-state index contributed by atoms with van der Waals surface area (Å²) in [6.45, 7) is 8.36. The number of nitrogens with two attached hydrogens (primary N) is 1. The zero-order valence-electron chi connectivity index (χ0n) is 19.0. The standard InChI is InChI=1S/C27H28ClFN2O/c1-15-14-27(3,4)31-22-12-11-20(19-10-9-17(29)13-23(19)32-5)25(24(15)22)26(30)18-7-6-8-21(28)16(18)2/h6-14,26,31H,30H2,1-5H3. The van der Waals surface area contributed by atoms with Crippen molar-refractivity contribution in [3.05, 3.63) is 87.7 Å². The number of allylic oxidation sites excluding steroid dienone is 1. The molecule has 166 valence electrons. The Morgan fingerprint density at radius 2 is 1.78 bits per heavy atom. The van der Waals surface area contributed by atoms with Crippen molar-refractivity contribution >= 4 is 22.9 Å². The molecule has 3 aromatic rings. The maximum atomic E-state index is 14.0. The normalized spacial score (nSPS) is 15.4. The highest BCUT2D eigenvalue weighted by atomic mass is 35.5.